The highest BCUT2D eigenvalue weighted by Crippen LogP contribution is 2.19. The predicted octanol–water partition coefficient (Wildman–Crippen LogP) is 6.22. The molecule has 0 fully saturated rings. The molecule has 2 rings (SSSR count). The third kappa shape index (κ3) is 8.50. The SMILES string of the molecule is CC.Cc1ccc(SN(C)O)cc1.Cc1cccc(C)c1C(=N)Cl. The minimum absolute atomic E-state index is 0.126. The second-order valence-corrected chi connectivity index (χ2v) is 6.51. The van der Waals surface area contributed by atoms with E-state index in [1.807, 2.05) is 77.1 Å². The van der Waals surface area contributed by atoms with Gasteiger partial charge in [0.1, 0.15) is 5.17 Å². The van der Waals surface area contributed by atoms with E-state index in [-0.39, 0.29) is 5.17 Å². The van der Waals surface area contributed by atoms with Crippen molar-refractivity contribution >= 4 is 28.7 Å². The van der Waals surface area contributed by atoms with Gasteiger partial charge in [0.05, 0.1) is 0 Å². The smallest absolute Gasteiger partial charge is 0.128 e. The Morgan fingerprint density at radius 3 is 1.79 bits per heavy atom. The number of aryl methyl sites for hydroxylation is 3. The van der Waals surface area contributed by atoms with Crippen molar-refractivity contribution in [2.45, 2.75) is 39.5 Å². The third-order valence-corrected chi connectivity index (χ3v) is 3.90. The maximum atomic E-state index is 8.87. The first-order valence-electron chi connectivity index (χ1n) is 7.79. The molecule has 3 nitrogen and oxygen atoms in total. The minimum atomic E-state index is 0.126. The fourth-order valence-corrected chi connectivity index (χ4v) is 2.77. The van der Waals surface area contributed by atoms with Gasteiger partial charge in [0, 0.05) is 17.5 Å². The van der Waals surface area contributed by atoms with E-state index in [0.717, 1.165) is 26.1 Å². The maximum Gasteiger partial charge on any atom is 0.128 e. The van der Waals surface area contributed by atoms with Crippen molar-refractivity contribution in [1.82, 2.24) is 4.47 Å². The molecule has 0 aliphatic rings. The lowest BCUT2D eigenvalue weighted by atomic mass is 10.0. The van der Waals surface area contributed by atoms with Crippen molar-refractivity contribution < 1.29 is 5.21 Å². The molecule has 0 saturated heterocycles. The van der Waals surface area contributed by atoms with Crippen LogP contribution in [0.15, 0.2) is 47.4 Å². The highest BCUT2D eigenvalue weighted by atomic mass is 35.5. The molecule has 0 amide bonds. The van der Waals surface area contributed by atoms with Crippen molar-refractivity contribution in [3.8, 4) is 0 Å². The average molecular weight is 367 g/mol. The first kappa shape index (κ1) is 22.7. The summed E-state index contributed by atoms with van der Waals surface area (Å²) >= 11 is 6.89. The zero-order chi connectivity index (χ0) is 18.7. The van der Waals surface area contributed by atoms with E-state index in [9.17, 15) is 0 Å². The molecular formula is C19H27ClN2OS. The van der Waals surface area contributed by atoms with Gasteiger partial charge < -0.3 is 5.21 Å². The summed E-state index contributed by atoms with van der Waals surface area (Å²) in [6.45, 7) is 9.95. The number of nitrogens with one attached hydrogen (secondary N) is 1. The van der Waals surface area contributed by atoms with Crippen LogP contribution in [0.3, 0.4) is 0 Å². The van der Waals surface area contributed by atoms with Crippen LogP contribution in [-0.4, -0.2) is 21.9 Å². The van der Waals surface area contributed by atoms with Crippen LogP contribution in [0.5, 0.6) is 0 Å². The number of benzene rings is 2. The Bertz CT molecular complexity index is 608. The summed E-state index contributed by atoms with van der Waals surface area (Å²) in [7, 11) is 1.60. The summed E-state index contributed by atoms with van der Waals surface area (Å²) in [5, 5.41) is 16.3. The van der Waals surface area contributed by atoms with Crippen molar-refractivity contribution in [1.29, 1.82) is 5.41 Å². The molecule has 0 atom stereocenters. The van der Waals surface area contributed by atoms with Crippen molar-refractivity contribution in [2.24, 2.45) is 0 Å². The molecule has 0 unspecified atom stereocenters. The van der Waals surface area contributed by atoms with Gasteiger partial charge >= 0.3 is 0 Å². The summed E-state index contributed by atoms with van der Waals surface area (Å²) in [5.74, 6) is 0. The number of hydroxylamine groups is 1. The summed E-state index contributed by atoms with van der Waals surface area (Å²) in [4.78, 5) is 1.04. The average Bonchev–Trinajstić information content (AvgIpc) is 2.51. The minimum Gasteiger partial charge on any atom is -0.303 e. The second kappa shape index (κ2) is 12.1. The summed E-state index contributed by atoms with van der Waals surface area (Å²) in [6.07, 6.45) is 0. The molecule has 0 radical (unpaired) electrons. The lowest BCUT2D eigenvalue weighted by Gasteiger charge is -2.05. The first-order chi connectivity index (χ1) is 11.3. The van der Waals surface area contributed by atoms with E-state index in [0.29, 0.717) is 0 Å². The molecule has 132 valence electrons. The molecule has 0 heterocycles. The maximum absolute atomic E-state index is 8.87. The zero-order valence-electron chi connectivity index (χ0n) is 15.2. The Hall–Kier alpha value is -1.33. The zero-order valence-corrected chi connectivity index (χ0v) is 16.8. The van der Waals surface area contributed by atoms with Crippen LogP contribution in [0.25, 0.3) is 0 Å². The van der Waals surface area contributed by atoms with Crippen molar-refractivity contribution in [3.63, 3.8) is 0 Å². The van der Waals surface area contributed by atoms with Crippen molar-refractivity contribution in [2.75, 3.05) is 7.05 Å². The molecule has 0 aromatic heterocycles. The molecular weight excluding hydrogens is 340 g/mol. The molecule has 0 bridgehead atoms. The quantitative estimate of drug-likeness (QED) is 0.385. The molecule has 5 heteroatoms. The van der Waals surface area contributed by atoms with Gasteiger partial charge in [-0.15, -0.1) is 4.47 Å². The van der Waals surface area contributed by atoms with E-state index in [4.69, 9.17) is 22.2 Å². The number of nitrogens with zero attached hydrogens (tertiary/aromatic N) is 1. The molecule has 2 aromatic rings. The fourth-order valence-electron chi connectivity index (χ4n) is 1.91. The van der Waals surface area contributed by atoms with E-state index in [2.05, 4.69) is 0 Å². The predicted molar refractivity (Wildman–Crippen MR) is 107 cm³/mol. The molecule has 2 aromatic carbocycles. The van der Waals surface area contributed by atoms with Gasteiger partial charge in [-0.3, -0.25) is 5.41 Å². The Balaban J connectivity index is 0.000000400. The van der Waals surface area contributed by atoms with E-state index >= 15 is 0 Å². The summed E-state index contributed by atoms with van der Waals surface area (Å²) < 4.78 is 1.09. The van der Waals surface area contributed by atoms with Crippen LogP contribution in [-0.2, 0) is 0 Å². The van der Waals surface area contributed by atoms with Gasteiger partial charge in [-0.05, 0) is 56.0 Å². The van der Waals surface area contributed by atoms with Crippen molar-refractivity contribution in [3.05, 3.63) is 64.7 Å². The molecule has 24 heavy (non-hydrogen) atoms. The molecule has 2 N–H and O–H groups in total. The fraction of sp³-hybridized carbons (Fsp3) is 0.316. The van der Waals surface area contributed by atoms with Crippen LogP contribution in [0.4, 0.5) is 0 Å². The molecule has 0 aliphatic heterocycles. The van der Waals surface area contributed by atoms with Gasteiger partial charge in [0.15, 0.2) is 0 Å². The van der Waals surface area contributed by atoms with Crippen LogP contribution in [0.2, 0.25) is 0 Å². The Morgan fingerprint density at radius 1 is 1.00 bits per heavy atom. The van der Waals surface area contributed by atoms with Gasteiger partial charge in [-0.2, -0.15) is 0 Å². The Labute approximate surface area is 155 Å². The normalized spacial score (nSPS) is 9.54. The molecule has 0 saturated carbocycles. The number of rotatable bonds is 3. The highest BCUT2D eigenvalue weighted by molar-refractivity contribution is 7.96. The topological polar surface area (TPSA) is 47.3 Å². The van der Waals surface area contributed by atoms with Crippen LogP contribution >= 0.6 is 23.5 Å². The summed E-state index contributed by atoms with van der Waals surface area (Å²) in [6, 6.07) is 13.9. The monoisotopic (exact) mass is 366 g/mol. The van der Waals surface area contributed by atoms with Crippen LogP contribution in [0, 0.1) is 26.2 Å². The van der Waals surface area contributed by atoms with E-state index in [1.54, 1.807) is 7.05 Å². The lowest BCUT2D eigenvalue weighted by molar-refractivity contribution is 0.0454. The van der Waals surface area contributed by atoms with Gasteiger partial charge in [0.2, 0.25) is 0 Å². The molecule has 0 spiro atoms. The summed E-state index contributed by atoms with van der Waals surface area (Å²) in [5.41, 5.74) is 4.21. The lowest BCUT2D eigenvalue weighted by Crippen LogP contribution is -1.99. The standard InChI is InChI=1S/C9H10ClN.C8H11NOS.C2H6/c1-6-4-3-5-7(2)8(6)9(10)11;1-7-3-5-8(6-4-7)11-9(2)10;1-2/h3-5,11H,1-2H3;3-6,10H,1-2H3;1-2H3. The van der Waals surface area contributed by atoms with E-state index in [1.165, 1.54) is 17.5 Å². The van der Waals surface area contributed by atoms with Gasteiger partial charge in [-0.25, -0.2) is 0 Å². The largest absolute Gasteiger partial charge is 0.303 e. The van der Waals surface area contributed by atoms with Crippen LogP contribution < -0.4 is 0 Å². The Morgan fingerprint density at radius 2 is 1.46 bits per heavy atom. The molecule has 0 aliphatic carbocycles. The van der Waals surface area contributed by atoms with E-state index < -0.39 is 0 Å². The van der Waals surface area contributed by atoms with Crippen LogP contribution in [0.1, 0.15) is 36.1 Å². The number of hydrogen-bond donors (Lipinski definition) is 2. The highest BCUT2D eigenvalue weighted by Gasteiger charge is 2.04. The third-order valence-electron chi connectivity index (χ3n) is 2.96. The first-order valence-corrected chi connectivity index (χ1v) is 8.94. The number of hydrogen-bond acceptors (Lipinski definition) is 4. The number of halogens is 1. The van der Waals surface area contributed by atoms with Gasteiger partial charge in [-0.1, -0.05) is 61.3 Å². The Kier molecular flexibility index (Phi) is 11.4. The van der Waals surface area contributed by atoms with Gasteiger partial charge in [0.25, 0.3) is 0 Å². The second-order valence-electron chi connectivity index (χ2n) is 4.95.